The van der Waals surface area contributed by atoms with Gasteiger partial charge in [-0.25, -0.2) is 0 Å². The van der Waals surface area contributed by atoms with Crippen molar-refractivity contribution in [2.45, 2.75) is 51.1 Å². The van der Waals surface area contributed by atoms with Crippen molar-refractivity contribution < 1.29 is 4.74 Å². The van der Waals surface area contributed by atoms with E-state index >= 15 is 0 Å². The zero-order valence-electron chi connectivity index (χ0n) is 13.4. The molecule has 118 valence electrons. The first-order chi connectivity index (χ1) is 9.81. The highest BCUT2D eigenvalue weighted by Crippen LogP contribution is 2.24. The number of methoxy groups -OCH3 is 1. The molecule has 2 atom stereocenters. The molecule has 2 saturated heterocycles. The van der Waals surface area contributed by atoms with Gasteiger partial charge in [0, 0.05) is 38.8 Å². The van der Waals surface area contributed by atoms with Crippen LogP contribution >= 0.6 is 0 Å². The minimum Gasteiger partial charge on any atom is -0.383 e. The maximum absolute atomic E-state index is 5.03. The van der Waals surface area contributed by atoms with Gasteiger partial charge in [-0.15, -0.1) is 0 Å². The van der Waals surface area contributed by atoms with E-state index in [4.69, 9.17) is 4.74 Å². The molecule has 2 heterocycles. The van der Waals surface area contributed by atoms with E-state index in [0.717, 1.165) is 31.8 Å². The number of piperazine rings is 1. The largest absolute Gasteiger partial charge is 0.383 e. The van der Waals surface area contributed by atoms with Gasteiger partial charge in [-0.1, -0.05) is 6.42 Å². The van der Waals surface area contributed by atoms with Gasteiger partial charge < -0.3 is 10.1 Å². The van der Waals surface area contributed by atoms with Crippen molar-refractivity contribution in [3.63, 3.8) is 0 Å². The Kier molecular flexibility index (Phi) is 7.28. The number of piperidine rings is 1. The first-order valence-electron chi connectivity index (χ1n) is 8.49. The van der Waals surface area contributed by atoms with Crippen LogP contribution in [0.15, 0.2) is 0 Å². The predicted molar refractivity (Wildman–Crippen MR) is 84.2 cm³/mol. The molecular formula is C16H33N3O. The fourth-order valence-corrected chi connectivity index (χ4v) is 3.59. The van der Waals surface area contributed by atoms with Gasteiger partial charge in [0.05, 0.1) is 6.61 Å². The molecule has 2 fully saturated rings. The molecule has 0 aliphatic carbocycles. The fraction of sp³-hybridized carbons (Fsp3) is 1.00. The minimum atomic E-state index is 0.741. The molecule has 20 heavy (non-hydrogen) atoms. The second-order valence-electron chi connectivity index (χ2n) is 6.44. The van der Waals surface area contributed by atoms with Crippen molar-refractivity contribution >= 4 is 0 Å². The van der Waals surface area contributed by atoms with Gasteiger partial charge in [0.2, 0.25) is 0 Å². The maximum Gasteiger partial charge on any atom is 0.0587 e. The molecule has 2 unspecified atom stereocenters. The summed E-state index contributed by atoms with van der Waals surface area (Å²) in [5, 5.41) is 3.43. The zero-order chi connectivity index (χ0) is 14.2. The quantitative estimate of drug-likeness (QED) is 0.684. The summed E-state index contributed by atoms with van der Waals surface area (Å²) in [7, 11) is 1.76. The number of rotatable bonds is 8. The summed E-state index contributed by atoms with van der Waals surface area (Å²) < 4.78 is 5.03. The molecular weight excluding hydrogens is 250 g/mol. The molecule has 4 nitrogen and oxygen atoms in total. The van der Waals surface area contributed by atoms with Crippen LogP contribution in [-0.4, -0.2) is 74.9 Å². The topological polar surface area (TPSA) is 27.7 Å². The van der Waals surface area contributed by atoms with Gasteiger partial charge in [-0.2, -0.15) is 0 Å². The Hall–Kier alpha value is -0.160. The normalized spacial score (nSPS) is 28.5. The third kappa shape index (κ3) is 4.99. The minimum absolute atomic E-state index is 0.741. The number of hydrogen-bond donors (Lipinski definition) is 1. The van der Waals surface area contributed by atoms with Gasteiger partial charge in [0.25, 0.3) is 0 Å². The lowest BCUT2D eigenvalue weighted by atomic mass is 9.97. The van der Waals surface area contributed by atoms with E-state index in [9.17, 15) is 0 Å². The Morgan fingerprint density at radius 2 is 2.05 bits per heavy atom. The van der Waals surface area contributed by atoms with Crippen LogP contribution in [0.1, 0.15) is 39.0 Å². The number of ether oxygens (including phenoxy) is 1. The zero-order valence-corrected chi connectivity index (χ0v) is 13.4. The molecule has 2 rings (SSSR count). The van der Waals surface area contributed by atoms with Crippen LogP contribution in [0, 0.1) is 0 Å². The van der Waals surface area contributed by atoms with E-state index in [1.54, 1.807) is 7.11 Å². The van der Waals surface area contributed by atoms with E-state index < -0.39 is 0 Å². The molecule has 0 amide bonds. The van der Waals surface area contributed by atoms with Crippen LogP contribution in [0.2, 0.25) is 0 Å². The summed E-state index contributed by atoms with van der Waals surface area (Å²) >= 11 is 0. The fourth-order valence-electron chi connectivity index (χ4n) is 3.59. The van der Waals surface area contributed by atoms with E-state index in [-0.39, 0.29) is 0 Å². The van der Waals surface area contributed by atoms with E-state index in [2.05, 4.69) is 22.0 Å². The molecule has 2 aliphatic heterocycles. The van der Waals surface area contributed by atoms with Crippen molar-refractivity contribution in [2.75, 3.05) is 53.0 Å². The Balaban J connectivity index is 1.58. The molecule has 0 aromatic carbocycles. The average Bonchev–Trinajstić information content (AvgIpc) is 2.46. The van der Waals surface area contributed by atoms with Gasteiger partial charge in [-0.05, 0) is 52.2 Å². The Bertz CT molecular complexity index is 262. The highest BCUT2D eigenvalue weighted by molar-refractivity contribution is 4.88. The Labute approximate surface area is 124 Å². The molecule has 4 heteroatoms. The van der Waals surface area contributed by atoms with Crippen LogP contribution in [0.3, 0.4) is 0 Å². The van der Waals surface area contributed by atoms with E-state index in [1.165, 1.54) is 58.3 Å². The summed E-state index contributed by atoms with van der Waals surface area (Å²) in [5.41, 5.74) is 0. The van der Waals surface area contributed by atoms with E-state index in [0.29, 0.717) is 0 Å². The van der Waals surface area contributed by atoms with Crippen LogP contribution in [-0.2, 0) is 4.74 Å². The predicted octanol–water partition coefficient (Wildman–Crippen LogP) is 1.56. The number of unbranched alkanes of at least 4 members (excludes halogenated alkanes) is 1. The molecule has 2 aliphatic rings. The smallest absolute Gasteiger partial charge is 0.0587 e. The van der Waals surface area contributed by atoms with Crippen LogP contribution < -0.4 is 5.32 Å². The lowest BCUT2D eigenvalue weighted by Gasteiger charge is -2.47. The standard InChI is InChI=1S/C16H33N3O/c1-15-13-19-11-5-3-7-16(19)14-18(15)10-6-4-8-17-9-12-20-2/h15-17H,3-14H2,1-2H3. The van der Waals surface area contributed by atoms with Crippen molar-refractivity contribution in [3.8, 4) is 0 Å². The van der Waals surface area contributed by atoms with Crippen LogP contribution in [0.5, 0.6) is 0 Å². The highest BCUT2D eigenvalue weighted by atomic mass is 16.5. The molecule has 0 aromatic rings. The summed E-state index contributed by atoms with van der Waals surface area (Å²) in [6, 6.07) is 1.59. The second kappa shape index (κ2) is 8.98. The maximum atomic E-state index is 5.03. The Morgan fingerprint density at radius 1 is 1.15 bits per heavy atom. The molecule has 0 aromatic heterocycles. The van der Waals surface area contributed by atoms with Gasteiger partial charge in [0.15, 0.2) is 0 Å². The average molecular weight is 283 g/mol. The van der Waals surface area contributed by atoms with Gasteiger partial charge in [0.1, 0.15) is 0 Å². The molecule has 0 bridgehead atoms. The number of nitrogens with one attached hydrogen (secondary N) is 1. The molecule has 0 spiro atoms. The van der Waals surface area contributed by atoms with Crippen molar-refractivity contribution in [1.82, 2.24) is 15.1 Å². The number of hydrogen-bond acceptors (Lipinski definition) is 4. The number of fused-ring (bicyclic) bond motifs is 1. The second-order valence-corrected chi connectivity index (χ2v) is 6.44. The van der Waals surface area contributed by atoms with Crippen molar-refractivity contribution in [1.29, 1.82) is 0 Å². The molecule has 1 N–H and O–H groups in total. The lowest BCUT2D eigenvalue weighted by molar-refractivity contribution is 0.0147. The SMILES string of the molecule is COCCNCCCCN1CC2CCCCN2CC1C. The first kappa shape index (κ1) is 16.2. The van der Waals surface area contributed by atoms with Gasteiger partial charge in [-0.3, -0.25) is 9.80 Å². The first-order valence-corrected chi connectivity index (χ1v) is 8.49. The summed E-state index contributed by atoms with van der Waals surface area (Å²) in [6.45, 7) is 10.5. The highest BCUT2D eigenvalue weighted by Gasteiger charge is 2.32. The summed E-state index contributed by atoms with van der Waals surface area (Å²) in [6.07, 6.45) is 6.86. The summed E-state index contributed by atoms with van der Waals surface area (Å²) in [5.74, 6) is 0. The monoisotopic (exact) mass is 283 g/mol. The number of nitrogens with zero attached hydrogens (tertiary/aromatic N) is 2. The summed E-state index contributed by atoms with van der Waals surface area (Å²) in [4.78, 5) is 5.46. The molecule has 0 saturated carbocycles. The van der Waals surface area contributed by atoms with E-state index in [1.807, 2.05) is 0 Å². The molecule has 0 radical (unpaired) electrons. The van der Waals surface area contributed by atoms with Crippen molar-refractivity contribution in [3.05, 3.63) is 0 Å². The van der Waals surface area contributed by atoms with Gasteiger partial charge >= 0.3 is 0 Å². The lowest BCUT2D eigenvalue weighted by Crippen LogP contribution is -2.58. The van der Waals surface area contributed by atoms with Crippen LogP contribution in [0.25, 0.3) is 0 Å². The van der Waals surface area contributed by atoms with Crippen molar-refractivity contribution in [2.24, 2.45) is 0 Å². The Morgan fingerprint density at radius 3 is 2.90 bits per heavy atom. The third-order valence-corrected chi connectivity index (χ3v) is 4.85. The third-order valence-electron chi connectivity index (χ3n) is 4.85. The van der Waals surface area contributed by atoms with Crippen LogP contribution in [0.4, 0.5) is 0 Å².